The molecule has 138 valence electrons. The van der Waals surface area contributed by atoms with Gasteiger partial charge in [0.15, 0.2) is 0 Å². The van der Waals surface area contributed by atoms with Crippen molar-refractivity contribution in [2.24, 2.45) is 0 Å². The maximum atomic E-state index is 9.57. The number of benzene rings is 3. The van der Waals surface area contributed by atoms with Gasteiger partial charge in [0.1, 0.15) is 23.9 Å². The van der Waals surface area contributed by atoms with Crippen LogP contribution in [0.2, 0.25) is 0 Å². The molecule has 0 fully saturated rings. The van der Waals surface area contributed by atoms with Crippen molar-refractivity contribution in [3.63, 3.8) is 0 Å². The Balaban J connectivity index is 1.61. The molecular formula is C23H23NO3. The van der Waals surface area contributed by atoms with Crippen LogP contribution in [0.4, 0.5) is 5.69 Å². The second-order valence-corrected chi connectivity index (χ2v) is 6.78. The number of phenols is 1. The molecule has 1 heterocycles. The van der Waals surface area contributed by atoms with Crippen LogP contribution in [0.3, 0.4) is 0 Å². The van der Waals surface area contributed by atoms with Crippen molar-refractivity contribution in [1.82, 2.24) is 0 Å². The van der Waals surface area contributed by atoms with E-state index in [4.69, 9.17) is 9.47 Å². The fourth-order valence-electron chi connectivity index (χ4n) is 3.50. The summed E-state index contributed by atoms with van der Waals surface area (Å²) in [6.07, 6.45) is 0.885. The third-order valence-electron chi connectivity index (χ3n) is 4.97. The molecule has 4 rings (SSSR count). The van der Waals surface area contributed by atoms with E-state index in [-0.39, 0.29) is 11.8 Å². The highest BCUT2D eigenvalue weighted by molar-refractivity contribution is 5.61. The third kappa shape index (κ3) is 3.85. The highest BCUT2D eigenvalue weighted by Gasteiger charge is 2.27. The first-order valence-electron chi connectivity index (χ1n) is 9.12. The molecule has 1 aliphatic heterocycles. The molecule has 1 atom stereocenters. The Kier molecular flexibility index (Phi) is 4.88. The molecule has 0 bridgehead atoms. The second kappa shape index (κ2) is 7.62. The van der Waals surface area contributed by atoms with Crippen molar-refractivity contribution in [1.29, 1.82) is 0 Å². The standard InChI is InChI=1S/C23H23NO3/c1-26-21-12-8-17(9-13-21)14-19-16-27-23-5-3-2-4-22(23)24(19)15-18-6-10-20(25)11-7-18/h2-13,19,25H,14-16H2,1H3/t19-/m0/s1. The van der Waals surface area contributed by atoms with Gasteiger partial charge < -0.3 is 19.5 Å². The van der Waals surface area contributed by atoms with E-state index in [1.54, 1.807) is 19.2 Å². The van der Waals surface area contributed by atoms with Gasteiger partial charge in [-0.2, -0.15) is 0 Å². The van der Waals surface area contributed by atoms with Crippen molar-refractivity contribution in [3.8, 4) is 17.2 Å². The van der Waals surface area contributed by atoms with E-state index in [0.717, 1.165) is 35.7 Å². The molecule has 1 N–H and O–H groups in total. The highest BCUT2D eigenvalue weighted by atomic mass is 16.5. The molecule has 0 amide bonds. The van der Waals surface area contributed by atoms with Gasteiger partial charge in [-0.05, 0) is 53.9 Å². The third-order valence-corrected chi connectivity index (χ3v) is 4.97. The summed E-state index contributed by atoms with van der Waals surface area (Å²) in [6, 6.07) is 24.0. The summed E-state index contributed by atoms with van der Waals surface area (Å²) < 4.78 is 11.3. The topological polar surface area (TPSA) is 41.9 Å². The number of aromatic hydroxyl groups is 1. The molecule has 0 saturated carbocycles. The maximum absolute atomic E-state index is 9.57. The first-order valence-corrected chi connectivity index (χ1v) is 9.12. The fourth-order valence-corrected chi connectivity index (χ4v) is 3.50. The minimum absolute atomic E-state index is 0.224. The molecule has 0 radical (unpaired) electrons. The van der Waals surface area contributed by atoms with Crippen molar-refractivity contribution >= 4 is 5.69 Å². The highest BCUT2D eigenvalue weighted by Crippen LogP contribution is 2.35. The van der Waals surface area contributed by atoms with Crippen molar-refractivity contribution in [2.75, 3.05) is 18.6 Å². The van der Waals surface area contributed by atoms with Gasteiger partial charge in [-0.3, -0.25) is 0 Å². The van der Waals surface area contributed by atoms with Crippen LogP contribution < -0.4 is 14.4 Å². The van der Waals surface area contributed by atoms with Crippen molar-refractivity contribution in [2.45, 2.75) is 19.0 Å². The summed E-state index contributed by atoms with van der Waals surface area (Å²) in [7, 11) is 1.68. The number of hydrogen-bond acceptors (Lipinski definition) is 4. The van der Waals surface area contributed by atoms with Gasteiger partial charge in [0.25, 0.3) is 0 Å². The smallest absolute Gasteiger partial charge is 0.142 e. The Bertz CT molecular complexity index is 890. The summed E-state index contributed by atoms with van der Waals surface area (Å²) in [5, 5.41) is 9.57. The summed E-state index contributed by atoms with van der Waals surface area (Å²) in [5.41, 5.74) is 3.51. The van der Waals surface area contributed by atoms with Crippen molar-refractivity contribution < 1.29 is 14.6 Å². The predicted molar refractivity (Wildman–Crippen MR) is 107 cm³/mol. The summed E-state index contributed by atoms with van der Waals surface area (Å²) >= 11 is 0. The van der Waals surface area contributed by atoms with Crippen LogP contribution in [-0.4, -0.2) is 24.9 Å². The predicted octanol–water partition coefficient (Wildman–Crippen LogP) is 4.41. The number of methoxy groups -OCH3 is 1. The molecule has 0 aliphatic carbocycles. The van der Waals surface area contributed by atoms with Crippen molar-refractivity contribution in [3.05, 3.63) is 83.9 Å². The van der Waals surface area contributed by atoms with Crippen LogP contribution in [0.5, 0.6) is 17.2 Å². The molecule has 4 heteroatoms. The van der Waals surface area contributed by atoms with E-state index >= 15 is 0 Å². The normalized spacial score (nSPS) is 15.7. The van der Waals surface area contributed by atoms with E-state index in [1.807, 2.05) is 42.5 Å². The van der Waals surface area contributed by atoms with Gasteiger partial charge in [-0.15, -0.1) is 0 Å². The second-order valence-electron chi connectivity index (χ2n) is 6.78. The monoisotopic (exact) mass is 361 g/mol. The molecule has 0 unspecified atom stereocenters. The Morgan fingerprint density at radius 2 is 1.67 bits per heavy atom. The lowest BCUT2D eigenvalue weighted by atomic mass is 10.0. The zero-order valence-corrected chi connectivity index (χ0v) is 15.3. The Labute approximate surface area is 159 Å². The Morgan fingerprint density at radius 3 is 2.41 bits per heavy atom. The van der Waals surface area contributed by atoms with E-state index in [0.29, 0.717) is 6.61 Å². The van der Waals surface area contributed by atoms with Crippen LogP contribution in [0.25, 0.3) is 0 Å². The number of ether oxygens (including phenoxy) is 2. The lowest BCUT2D eigenvalue weighted by Crippen LogP contribution is -2.44. The van der Waals surface area contributed by atoms with E-state index < -0.39 is 0 Å². The van der Waals surface area contributed by atoms with Crippen LogP contribution >= 0.6 is 0 Å². The minimum Gasteiger partial charge on any atom is -0.508 e. The molecule has 0 spiro atoms. The number of hydrogen-bond donors (Lipinski definition) is 1. The number of rotatable bonds is 5. The van der Waals surface area contributed by atoms with Crippen LogP contribution in [0.15, 0.2) is 72.8 Å². The molecule has 4 nitrogen and oxygen atoms in total. The minimum atomic E-state index is 0.224. The zero-order valence-electron chi connectivity index (χ0n) is 15.3. The fraction of sp³-hybridized carbons (Fsp3) is 0.217. The average Bonchev–Trinajstić information content (AvgIpc) is 2.72. The van der Waals surface area contributed by atoms with Crippen LogP contribution in [-0.2, 0) is 13.0 Å². The summed E-state index contributed by atoms with van der Waals surface area (Å²) in [6.45, 7) is 1.41. The summed E-state index contributed by atoms with van der Waals surface area (Å²) in [4.78, 5) is 2.40. The molecular weight excluding hydrogens is 338 g/mol. The van der Waals surface area contributed by atoms with E-state index in [9.17, 15) is 5.11 Å². The largest absolute Gasteiger partial charge is 0.508 e. The first-order chi connectivity index (χ1) is 13.2. The van der Waals surface area contributed by atoms with Gasteiger partial charge in [0.05, 0.1) is 18.8 Å². The molecule has 0 aromatic heterocycles. The molecule has 0 saturated heterocycles. The van der Waals surface area contributed by atoms with Gasteiger partial charge in [-0.25, -0.2) is 0 Å². The molecule has 3 aromatic carbocycles. The number of fused-ring (bicyclic) bond motifs is 1. The molecule has 1 aliphatic rings. The van der Waals surface area contributed by atoms with E-state index in [2.05, 4.69) is 23.1 Å². The summed E-state index contributed by atoms with van der Waals surface area (Å²) in [5.74, 6) is 2.07. The SMILES string of the molecule is COc1ccc(C[C@H]2COc3ccccc3N2Cc2ccc(O)cc2)cc1. The Morgan fingerprint density at radius 1 is 0.963 bits per heavy atom. The van der Waals surface area contributed by atoms with Crippen LogP contribution in [0, 0.1) is 0 Å². The Hall–Kier alpha value is -3.14. The maximum Gasteiger partial charge on any atom is 0.142 e. The zero-order chi connectivity index (χ0) is 18.6. The lowest BCUT2D eigenvalue weighted by molar-refractivity contribution is 0.259. The molecule has 27 heavy (non-hydrogen) atoms. The number of phenolic OH excluding ortho intramolecular Hbond substituents is 1. The van der Waals surface area contributed by atoms with Gasteiger partial charge in [-0.1, -0.05) is 36.4 Å². The first kappa shape index (κ1) is 17.3. The average molecular weight is 361 g/mol. The number of nitrogens with zero attached hydrogens (tertiary/aromatic N) is 1. The number of anilines is 1. The molecule has 3 aromatic rings. The van der Waals surface area contributed by atoms with Gasteiger partial charge in [0, 0.05) is 6.54 Å². The van der Waals surface area contributed by atoms with E-state index in [1.165, 1.54) is 5.56 Å². The van der Waals surface area contributed by atoms with Crippen LogP contribution in [0.1, 0.15) is 11.1 Å². The quantitative estimate of drug-likeness (QED) is 0.731. The lowest BCUT2D eigenvalue weighted by Gasteiger charge is -2.39. The number of para-hydroxylation sites is 2. The van der Waals surface area contributed by atoms with Gasteiger partial charge >= 0.3 is 0 Å². The van der Waals surface area contributed by atoms with Gasteiger partial charge in [0.2, 0.25) is 0 Å².